The lowest BCUT2D eigenvalue weighted by Gasteiger charge is -2.24. The Hall–Kier alpha value is -4.27. The number of hydrogen-bond donors (Lipinski definition) is 2. The number of nitrogens with two attached hydrogens (primary N) is 1. The lowest BCUT2D eigenvalue weighted by atomic mass is 9.95. The highest BCUT2D eigenvalue weighted by Crippen LogP contribution is 2.41. The number of benzene rings is 1. The van der Waals surface area contributed by atoms with Crippen molar-refractivity contribution in [3.63, 3.8) is 0 Å². The van der Waals surface area contributed by atoms with Gasteiger partial charge in [0, 0.05) is 34.6 Å². The molecule has 3 N–H and O–H groups in total. The number of hydrogen-bond acceptors (Lipinski definition) is 6. The SMILES string of the molecule is CCc1nc2n3c1-c1cnc(N)c(c1)O[C@H](C)c1cc(F)ccc1-c1ncccc1C3NC2=O. The molecule has 5 heterocycles. The summed E-state index contributed by atoms with van der Waals surface area (Å²) in [7, 11) is 0. The third-order valence-electron chi connectivity index (χ3n) is 6.35. The fraction of sp³-hybridized carbons (Fsp3) is 0.200. The van der Waals surface area contributed by atoms with Gasteiger partial charge in [0.15, 0.2) is 11.6 Å². The molecule has 2 atom stereocenters. The van der Waals surface area contributed by atoms with E-state index in [9.17, 15) is 9.18 Å². The van der Waals surface area contributed by atoms with Gasteiger partial charge in [0.1, 0.15) is 18.1 Å². The van der Waals surface area contributed by atoms with Gasteiger partial charge in [-0.2, -0.15) is 0 Å². The first-order valence-corrected chi connectivity index (χ1v) is 11.1. The molecule has 1 unspecified atom stereocenters. The van der Waals surface area contributed by atoms with Crippen molar-refractivity contribution in [2.75, 3.05) is 5.73 Å². The molecule has 4 aromatic rings. The highest BCUT2D eigenvalue weighted by Gasteiger charge is 2.37. The number of pyridine rings is 2. The van der Waals surface area contributed by atoms with Crippen molar-refractivity contribution < 1.29 is 13.9 Å². The molecule has 0 saturated carbocycles. The Kier molecular flexibility index (Phi) is 4.41. The summed E-state index contributed by atoms with van der Waals surface area (Å²) in [6, 6.07) is 10.0. The van der Waals surface area contributed by atoms with Crippen LogP contribution >= 0.6 is 0 Å². The molecule has 0 spiro atoms. The van der Waals surface area contributed by atoms with Gasteiger partial charge in [0.25, 0.3) is 5.91 Å². The predicted molar refractivity (Wildman–Crippen MR) is 124 cm³/mol. The zero-order valence-electron chi connectivity index (χ0n) is 18.5. The number of anilines is 1. The predicted octanol–water partition coefficient (Wildman–Crippen LogP) is 4.03. The van der Waals surface area contributed by atoms with Gasteiger partial charge in [-0.3, -0.25) is 14.3 Å². The summed E-state index contributed by atoms with van der Waals surface area (Å²) >= 11 is 0. The largest absolute Gasteiger partial charge is 0.482 e. The number of carbonyl (C=O) groups is 1. The molecular formula is C25H21FN6O2. The Labute approximate surface area is 194 Å². The van der Waals surface area contributed by atoms with Crippen molar-refractivity contribution in [1.29, 1.82) is 0 Å². The van der Waals surface area contributed by atoms with Crippen molar-refractivity contribution in [2.45, 2.75) is 32.5 Å². The van der Waals surface area contributed by atoms with Gasteiger partial charge < -0.3 is 15.8 Å². The fourth-order valence-corrected chi connectivity index (χ4v) is 4.80. The van der Waals surface area contributed by atoms with Crippen molar-refractivity contribution in [3.8, 4) is 28.3 Å². The molecule has 0 aliphatic carbocycles. The third-order valence-corrected chi connectivity index (χ3v) is 6.35. The van der Waals surface area contributed by atoms with E-state index < -0.39 is 12.3 Å². The van der Waals surface area contributed by atoms with Crippen LogP contribution in [0.3, 0.4) is 0 Å². The second-order valence-corrected chi connectivity index (χ2v) is 8.37. The molecule has 3 aromatic heterocycles. The summed E-state index contributed by atoms with van der Waals surface area (Å²) in [5, 5.41) is 3.04. The Morgan fingerprint density at radius 2 is 2.06 bits per heavy atom. The average molecular weight is 456 g/mol. The van der Waals surface area contributed by atoms with E-state index in [1.54, 1.807) is 24.5 Å². The van der Waals surface area contributed by atoms with Crippen LogP contribution in [0.1, 0.15) is 53.6 Å². The number of imidazole rings is 1. The molecule has 2 aliphatic heterocycles. The molecule has 34 heavy (non-hydrogen) atoms. The van der Waals surface area contributed by atoms with E-state index in [4.69, 9.17) is 10.5 Å². The molecule has 0 saturated heterocycles. The first kappa shape index (κ1) is 20.3. The Balaban J connectivity index is 1.73. The number of halogens is 1. The second-order valence-electron chi connectivity index (χ2n) is 8.37. The van der Waals surface area contributed by atoms with E-state index in [1.165, 1.54) is 12.1 Å². The van der Waals surface area contributed by atoms with Crippen LogP contribution in [-0.2, 0) is 6.42 Å². The standard InChI is InChI=1S/C25H21FN6O2/c1-3-18-21-13-9-19(22(27)29-11-13)34-12(2)17-10-14(26)6-7-15(17)20-16(5-4-8-28-20)23-31-25(33)24(30-18)32(21)23/h4-12,23H,3H2,1-2H3,(H2,27,29)(H,31,33)/t12-,23?/m1/s1. The lowest BCUT2D eigenvalue weighted by molar-refractivity contribution is 0.0956. The Bertz CT molecular complexity index is 1480. The minimum Gasteiger partial charge on any atom is -0.482 e. The fourth-order valence-electron chi connectivity index (χ4n) is 4.80. The molecule has 0 fully saturated rings. The molecule has 2 aliphatic rings. The number of nitrogens with zero attached hydrogens (tertiary/aromatic N) is 4. The zero-order chi connectivity index (χ0) is 23.6. The maximum Gasteiger partial charge on any atom is 0.289 e. The van der Waals surface area contributed by atoms with Gasteiger partial charge in [-0.25, -0.2) is 14.4 Å². The van der Waals surface area contributed by atoms with Gasteiger partial charge in [-0.15, -0.1) is 0 Å². The summed E-state index contributed by atoms with van der Waals surface area (Å²) in [5.74, 6) is 0.237. The minimum atomic E-state index is -0.552. The lowest BCUT2D eigenvalue weighted by Crippen LogP contribution is -2.24. The third kappa shape index (κ3) is 2.89. The van der Waals surface area contributed by atoms with Crippen LogP contribution in [0.2, 0.25) is 0 Å². The van der Waals surface area contributed by atoms with E-state index in [0.29, 0.717) is 34.8 Å². The quantitative estimate of drug-likeness (QED) is 0.448. The highest BCUT2D eigenvalue weighted by atomic mass is 19.1. The smallest absolute Gasteiger partial charge is 0.289 e. The van der Waals surface area contributed by atoms with Crippen molar-refractivity contribution in [3.05, 3.63) is 77.3 Å². The molecule has 170 valence electrons. The van der Waals surface area contributed by atoms with E-state index in [0.717, 1.165) is 22.5 Å². The van der Waals surface area contributed by atoms with Gasteiger partial charge in [0.2, 0.25) is 5.82 Å². The summed E-state index contributed by atoms with van der Waals surface area (Å²) in [6.45, 7) is 3.82. The summed E-state index contributed by atoms with van der Waals surface area (Å²) < 4.78 is 22.5. The normalized spacial score (nSPS) is 18.0. The molecular weight excluding hydrogens is 435 g/mol. The van der Waals surface area contributed by atoms with E-state index >= 15 is 0 Å². The van der Waals surface area contributed by atoms with E-state index in [-0.39, 0.29) is 17.5 Å². The van der Waals surface area contributed by atoms with Crippen LogP contribution in [0, 0.1) is 5.82 Å². The molecule has 1 aromatic carbocycles. The Morgan fingerprint density at radius 3 is 2.88 bits per heavy atom. The molecule has 0 radical (unpaired) electrons. The molecule has 1 amide bonds. The number of nitrogens with one attached hydrogen (secondary N) is 1. The summed E-state index contributed by atoms with van der Waals surface area (Å²) in [4.78, 5) is 26.6. The van der Waals surface area contributed by atoms with Crippen LogP contribution in [0.15, 0.2) is 48.8 Å². The molecule has 2 bridgehead atoms. The van der Waals surface area contributed by atoms with Crippen LogP contribution < -0.4 is 15.8 Å². The molecule has 8 nitrogen and oxygen atoms in total. The van der Waals surface area contributed by atoms with Crippen molar-refractivity contribution in [1.82, 2.24) is 24.8 Å². The average Bonchev–Trinajstić information content (AvgIpc) is 3.37. The summed E-state index contributed by atoms with van der Waals surface area (Å²) in [5.41, 5.74) is 11.1. The maximum atomic E-state index is 14.4. The number of amides is 1. The van der Waals surface area contributed by atoms with Crippen LogP contribution in [0.4, 0.5) is 10.2 Å². The van der Waals surface area contributed by atoms with Crippen molar-refractivity contribution >= 4 is 11.7 Å². The zero-order valence-corrected chi connectivity index (χ0v) is 18.5. The van der Waals surface area contributed by atoms with Gasteiger partial charge in [0.05, 0.1) is 17.1 Å². The first-order valence-electron chi connectivity index (χ1n) is 11.1. The number of nitrogen functional groups attached to an aromatic ring is 1. The summed E-state index contributed by atoms with van der Waals surface area (Å²) in [6.07, 6.45) is 2.85. The second kappa shape index (κ2) is 7.38. The Morgan fingerprint density at radius 1 is 1.21 bits per heavy atom. The molecule has 9 heteroatoms. The number of aromatic nitrogens is 4. The van der Waals surface area contributed by atoms with Crippen molar-refractivity contribution in [2.24, 2.45) is 0 Å². The number of carbonyl (C=O) groups excluding carboxylic acids is 1. The van der Waals surface area contributed by atoms with Gasteiger partial charge in [-0.1, -0.05) is 13.0 Å². The monoisotopic (exact) mass is 456 g/mol. The minimum absolute atomic E-state index is 0.217. The van der Waals surface area contributed by atoms with Gasteiger partial charge >= 0.3 is 0 Å². The van der Waals surface area contributed by atoms with Crippen LogP contribution in [0.25, 0.3) is 22.5 Å². The van der Waals surface area contributed by atoms with Crippen LogP contribution in [-0.4, -0.2) is 25.4 Å². The van der Waals surface area contributed by atoms with Crippen LogP contribution in [0.5, 0.6) is 5.75 Å². The molecule has 6 rings (SSSR count). The first-order chi connectivity index (χ1) is 16.5. The van der Waals surface area contributed by atoms with E-state index in [1.807, 2.05) is 30.5 Å². The highest BCUT2D eigenvalue weighted by molar-refractivity contribution is 5.95. The topological polar surface area (TPSA) is 108 Å². The number of aryl methyl sites for hydroxylation is 1. The number of fused-ring (bicyclic) bond motifs is 7. The van der Waals surface area contributed by atoms with Gasteiger partial charge in [-0.05, 0) is 43.7 Å². The van der Waals surface area contributed by atoms with E-state index in [2.05, 4.69) is 20.3 Å². The number of rotatable bonds is 1. The maximum absolute atomic E-state index is 14.4. The number of ether oxygens (including phenoxy) is 1.